The van der Waals surface area contributed by atoms with Crippen molar-refractivity contribution in [2.75, 3.05) is 51.2 Å². The molecular weight excluding hydrogens is 234 g/mol. The summed E-state index contributed by atoms with van der Waals surface area (Å²) in [5.74, 6) is 3.56. The smallest absolute Gasteiger partial charge is 0.0701 e. The lowest BCUT2D eigenvalue weighted by molar-refractivity contribution is 0.0567. The highest BCUT2D eigenvalue weighted by Gasteiger charge is 2.04. The van der Waals surface area contributed by atoms with E-state index in [0.29, 0.717) is 33.0 Å². The van der Waals surface area contributed by atoms with Crippen LogP contribution >= 0.6 is 22.5 Å². The lowest BCUT2D eigenvalue weighted by Gasteiger charge is -2.22. The summed E-state index contributed by atoms with van der Waals surface area (Å²) in [4.78, 5) is 0. The Morgan fingerprint density at radius 1 is 1.13 bits per heavy atom. The molecule has 94 valence electrons. The van der Waals surface area contributed by atoms with Gasteiger partial charge in [0.2, 0.25) is 0 Å². The minimum absolute atomic E-state index is 0.549. The number of rotatable bonds is 8. The summed E-state index contributed by atoms with van der Waals surface area (Å²) in [6.07, 6.45) is 3.70. The Morgan fingerprint density at radius 3 is 2.00 bits per heavy atom. The lowest BCUT2D eigenvalue weighted by atomic mass is 10.7. The average Bonchev–Trinajstić information content (AvgIpc) is 2.18. The monoisotopic (exact) mass is 257 g/mol. The van der Waals surface area contributed by atoms with Gasteiger partial charge in [0.1, 0.15) is 0 Å². The highest BCUT2D eigenvalue weighted by Crippen LogP contribution is 2.32. The predicted molar refractivity (Wildman–Crippen MR) is 72.3 cm³/mol. The van der Waals surface area contributed by atoms with Crippen molar-refractivity contribution in [3.8, 4) is 0 Å². The number of thiocarbonyl (C=S) groups is 1. The molecule has 0 aromatic carbocycles. The van der Waals surface area contributed by atoms with Crippen LogP contribution in [0.1, 0.15) is 0 Å². The Bertz CT molecular complexity index is 131. The predicted octanol–water partition coefficient (Wildman–Crippen LogP) is 1.13. The van der Waals surface area contributed by atoms with Crippen molar-refractivity contribution in [1.29, 1.82) is 0 Å². The van der Waals surface area contributed by atoms with Crippen LogP contribution in [-0.4, -0.2) is 61.7 Å². The maximum absolute atomic E-state index is 9.41. The number of hydrogen-bond acceptors (Lipinski definition) is 5. The van der Waals surface area contributed by atoms with Crippen molar-refractivity contribution in [3.05, 3.63) is 0 Å². The van der Waals surface area contributed by atoms with E-state index in [1.165, 1.54) is 0 Å². The molecule has 0 fully saturated rings. The second-order valence-corrected chi connectivity index (χ2v) is 6.57. The first kappa shape index (κ1) is 17.7. The molecule has 0 unspecified atom stereocenters. The van der Waals surface area contributed by atoms with Crippen LogP contribution in [0.5, 0.6) is 0 Å². The van der Waals surface area contributed by atoms with Crippen LogP contribution in [0.25, 0.3) is 0 Å². The third kappa shape index (κ3) is 20.4. The molecule has 0 aromatic rings. The number of ether oxygens (including phenoxy) is 2. The quantitative estimate of drug-likeness (QED) is 0.504. The molecule has 6 heteroatoms. The second kappa shape index (κ2) is 12.4. The third-order valence-electron chi connectivity index (χ3n) is 1.36. The Hall–Kier alpha value is 0.280. The van der Waals surface area contributed by atoms with Gasteiger partial charge in [0.25, 0.3) is 0 Å². The molecule has 0 aromatic heterocycles. The fraction of sp³-hybridized carbons (Fsp3) is 0.889. The normalized spacial score (nSPS) is 11.7. The van der Waals surface area contributed by atoms with Crippen molar-refractivity contribution in [2.45, 2.75) is 0 Å². The van der Waals surface area contributed by atoms with Gasteiger partial charge in [0.15, 0.2) is 0 Å². The van der Waals surface area contributed by atoms with E-state index in [4.69, 9.17) is 15.2 Å². The van der Waals surface area contributed by atoms with Gasteiger partial charge in [-0.05, 0) is 18.4 Å². The first-order chi connectivity index (χ1) is 7.06. The highest BCUT2D eigenvalue weighted by molar-refractivity contribution is 8.28. The first-order valence-corrected chi connectivity index (χ1v) is 7.79. The molecule has 0 aliphatic rings. The molecule has 0 saturated heterocycles. The van der Waals surface area contributed by atoms with E-state index in [9.17, 15) is 4.55 Å². The van der Waals surface area contributed by atoms with E-state index >= 15 is 0 Å². The number of hydrogen-bond donors (Lipinski definition) is 2. The number of nitrogens with two attached hydrogens (primary N) is 1. The summed E-state index contributed by atoms with van der Waals surface area (Å²) < 4.78 is 19.8. The fourth-order valence-corrected chi connectivity index (χ4v) is 1.19. The molecule has 4 nitrogen and oxygen atoms in total. The van der Waals surface area contributed by atoms with Crippen LogP contribution in [-0.2, 0) is 9.47 Å². The van der Waals surface area contributed by atoms with Gasteiger partial charge >= 0.3 is 0 Å². The van der Waals surface area contributed by atoms with E-state index in [-0.39, 0.29) is 0 Å². The van der Waals surface area contributed by atoms with Gasteiger partial charge in [-0.1, -0.05) is 12.2 Å². The maximum atomic E-state index is 9.41. The zero-order chi connectivity index (χ0) is 12.2. The molecule has 0 atom stereocenters. The zero-order valence-corrected chi connectivity index (χ0v) is 11.2. The lowest BCUT2D eigenvalue weighted by Crippen LogP contribution is -2.14. The zero-order valence-electron chi connectivity index (χ0n) is 9.61. The first-order valence-electron chi connectivity index (χ1n) is 4.64. The summed E-state index contributed by atoms with van der Waals surface area (Å²) >= 11 is 3.83. The van der Waals surface area contributed by atoms with Gasteiger partial charge in [0, 0.05) is 12.3 Å². The minimum atomic E-state index is -1.41. The Labute approximate surface area is 99.7 Å². The molecule has 0 radical (unpaired) electrons. The largest absolute Gasteiger partial charge is 0.378 e. The minimum Gasteiger partial charge on any atom is -0.378 e. The van der Waals surface area contributed by atoms with E-state index in [2.05, 4.69) is 18.1 Å². The van der Waals surface area contributed by atoms with Crippen LogP contribution in [0.4, 0.5) is 0 Å². The Balaban J connectivity index is 0. The van der Waals surface area contributed by atoms with Crippen LogP contribution in [0.3, 0.4) is 0 Å². The molecule has 0 amide bonds. The molecule has 0 aliphatic heterocycles. The molecular formula is C9H23NO3S2. The van der Waals surface area contributed by atoms with Gasteiger partial charge in [0.05, 0.1) is 26.4 Å². The molecule has 3 N–H and O–H groups in total. The molecule has 0 spiro atoms. The molecule has 0 saturated carbocycles. The standard InChI is InChI=1S/C8H21NO3S.CH2S/c1-13(2,10)8-7-12-6-5-11-4-3-9;1-2/h10H,3-9H2,1-2H3;1H2. The van der Waals surface area contributed by atoms with Crippen molar-refractivity contribution < 1.29 is 14.0 Å². The van der Waals surface area contributed by atoms with E-state index in [0.717, 1.165) is 5.75 Å². The van der Waals surface area contributed by atoms with Crippen LogP contribution in [0.2, 0.25) is 0 Å². The molecule has 15 heavy (non-hydrogen) atoms. The summed E-state index contributed by atoms with van der Waals surface area (Å²) in [7, 11) is -1.41. The molecule has 0 heterocycles. The van der Waals surface area contributed by atoms with Crippen molar-refractivity contribution in [3.63, 3.8) is 0 Å². The summed E-state index contributed by atoms with van der Waals surface area (Å²) in [5, 5.41) is 0. The topological polar surface area (TPSA) is 64.7 Å². The van der Waals surface area contributed by atoms with E-state index < -0.39 is 10.3 Å². The summed E-state index contributed by atoms with van der Waals surface area (Å²) in [5.41, 5.74) is 5.23. The SMILES string of the molecule is C=S.CS(C)(O)CCOCCOCCN. The molecule has 0 aliphatic carbocycles. The maximum Gasteiger partial charge on any atom is 0.0701 e. The average molecular weight is 257 g/mol. The highest BCUT2D eigenvalue weighted by atomic mass is 32.3. The molecule has 0 bridgehead atoms. The fourth-order valence-electron chi connectivity index (χ4n) is 0.668. The van der Waals surface area contributed by atoms with Gasteiger partial charge in [-0.2, -0.15) is 0 Å². The van der Waals surface area contributed by atoms with Crippen LogP contribution in [0, 0.1) is 0 Å². The van der Waals surface area contributed by atoms with Gasteiger partial charge in [-0.25, -0.2) is 0 Å². The van der Waals surface area contributed by atoms with Crippen molar-refractivity contribution in [2.24, 2.45) is 5.73 Å². The van der Waals surface area contributed by atoms with E-state index in [1.54, 1.807) is 0 Å². The van der Waals surface area contributed by atoms with E-state index in [1.807, 2.05) is 12.5 Å². The summed E-state index contributed by atoms with van der Waals surface area (Å²) in [6.45, 7) is 2.90. The van der Waals surface area contributed by atoms with Crippen LogP contribution < -0.4 is 5.73 Å². The van der Waals surface area contributed by atoms with Crippen LogP contribution in [0.15, 0.2) is 0 Å². The van der Waals surface area contributed by atoms with Crippen molar-refractivity contribution in [1.82, 2.24) is 0 Å². The molecule has 0 rings (SSSR count). The van der Waals surface area contributed by atoms with Gasteiger partial charge in [-0.15, -0.1) is 10.3 Å². The van der Waals surface area contributed by atoms with Crippen molar-refractivity contribution >= 4 is 28.4 Å². The van der Waals surface area contributed by atoms with Gasteiger partial charge < -0.3 is 19.8 Å². The Morgan fingerprint density at radius 2 is 1.60 bits per heavy atom. The summed E-state index contributed by atoms with van der Waals surface area (Å²) in [6, 6.07) is 0. The van der Waals surface area contributed by atoms with Gasteiger partial charge in [-0.3, -0.25) is 0 Å². The second-order valence-electron chi connectivity index (χ2n) is 3.20. The Kier molecular flexibility index (Phi) is 14.5. The third-order valence-corrected chi connectivity index (χ3v) is 2.53.